The van der Waals surface area contributed by atoms with Crippen LogP contribution in [-0.4, -0.2) is 36.7 Å². The molecule has 4 nitrogen and oxygen atoms in total. The molecule has 0 fully saturated rings. The van der Waals surface area contributed by atoms with Crippen LogP contribution in [-0.2, 0) is 6.42 Å². The van der Waals surface area contributed by atoms with Gasteiger partial charge in [0, 0.05) is 18.5 Å². The van der Waals surface area contributed by atoms with Crippen LogP contribution in [0.1, 0.15) is 35.7 Å². The number of aliphatic hydroxyl groups excluding tert-OH is 1. The summed E-state index contributed by atoms with van der Waals surface area (Å²) in [5, 5.41) is 13.0. The number of aliphatic hydroxyl groups is 1. The van der Waals surface area contributed by atoms with E-state index < -0.39 is 6.10 Å². The second-order valence-electron chi connectivity index (χ2n) is 6.11. The van der Waals surface area contributed by atoms with Gasteiger partial charge in [-0.25, -0.2) is 0 Å². The summed E-state index contributed by atoms with van der Waals surface area (Å²) in [4.78, 5) is 12.4. The highest BCUT2D eigenvalue weighted by atomic mass is 16.5. The van der Waals surface area contributed by atoms with E-state index in [1.54, 1.807) is 18.2 Å². The van der Waals surface area contributed by atoms with Crippen molar-refractivity contribution in [2.45, 2.75) is 32.3 Å². The summed E-state index contributed by atoms with van der Waals surface area (Å²) in [5.41, 5.74) is 1.80. The Morgan fingerprint density at radius 3 is 2.72 bits per heavy atom. The summed E-state index contributed by atoms with van der Waals surface area (Å²) in [6.45, 7) is 3.67. The van der Waals surface area contributed by atoms with Gasteiger partial charge in [0.05, 0.1) is 0 Å². The summed E-state index contributed by atoms with van der Waals surface area (Å²) >= 11 is 0. The van der Waals surface area contributed by atoms with Crippen LogP contribution in [0.2, 0.25) is 0 Å². The number of benzene rings is 2. The third-order valence-electron chi connectivity index (χ3n) is 3.89. The Labute approximate surface area is 149 Å². The Morgan fingerprint density at radius 2 is 1.96 bits per heavy atom. The van der Waals surface area contributed by atoms with E-state index in [1.807, 2.05) is 36.4 Å². The normalized spacial score (nSPS) is 11.9. The standard InChI is InChI=1S/C21H27NO3/c1-2-13-22-15-19(23)16-25-20-10-6-9-18(14-20)21(24)12-11-17-7-4-3-5-8-17/h3-10,14,19,22-23H,2,11-13,15-16H2,1H3. The molecule has 0 aromatic heterocycles. The van der Waals surface area contributed by atoms with Crippen LogP contribution in [0.25, 0.3) is 0 Å². The average Bonchev–Trinajstić information content (AvgIpc) is 2.66. The predicted molar refractivity (Wildman–Crippen MR) is 100 cm³/mol. The lowest BCUT2D eigenvalue weighted by Gasteiger charge is -2.13. The van der Waals surface area contributed by atoms with Gasteiger partial charge in [0.15, 0.2) is 5.78 Å². The summed E-state index contributed by atoms with van der Waals surface area (Å²) in [6.07, 6.45) is 1.66. The fourth-order valence-corrected chi connectivity index (χ4v) is 2.50. The molecule has 2 rings (SSSR count). The number of ketones is 1. The van der Waals surface area contributed by atoms with Gasteiger partial charge in [-0.3, -0.25) is 4.79 Å². The molecule has 2 N–H and O–H groups in total. The zero-order chi connectivity index (χ0) is 17.9. The van der Waals surface area contributed by atoms with E-state index in [0.717, 1.165) is 24.9 Å². The van der Waals surface area contributed by atoms with Crippen LogP contribution >= 0.6 is 0 Å². The summed E-state index contributed by atoms with van der Waals surface area (Å²) in [5.74, 6) is 0.708. The van der Waals surface area contributed by atoms with E-state index >= 15 is 0 Å². The van der Waals surface area contributed by atoms with Crippen molar-refractivity contribution in [2.75, 3.05) is 19.7 Å². The van der Waals surface area contributed by atoms with Gasteiger partial charge in [0.2, 0.25) is 0 Å². The van der Waals surface area contributed by atoms with Crippen LogP contribution in [0.15, 0.2) is 54.6 Å². The molecule has 0 bridgehead atoms. The maximum Gasteiger partial charge on any atom is 0.163 e. The molecule has 0 heterocycles. The number of hydrogen-bond donors (Lipinski definition) is 2. The van der Waals surface area contributed by atoms with Crippen LogP contribution in [0, 0.1) is 0 Å². The highest BCUT2D eigenvalue weighted by Crippen LogP contribution is 2.16. The molecule has 2 aromatic rings. The maximum absolute atomic E-state index is 12.4. The number of nitrogens with one attached hydrogen (secondary N) is 1. The molecular weight excluding hydrogens is 314 g/mol. The molecule has 25 heavy (non-hydrogen) atoms. The van der Waals surface area contributed by atoms with Crippen molar-refractivity contribution in [1.82, 2.24) is 5.32 Å². The lowest BCUT2D eigenvalue weighted by molar-refractivity contribution is 0.0980. The highest BCUT2D eigenvalue weighted by molar-refractivity contribution is 5.96. The van der Waals surface area contributed by atoms with Crippen molar-refractivity contribution >= 4 is 5.78 Å². The molecule has 1 atom stereocenters. The van der Waals surface area contributed by atoms with E-state index in [4.69, 9.17) is 4.74 Å². The van der Waals surface area contributed by atoms with Crippen LogP contribution in [0.5, 0.6) is 5.75 Å². The maximum atomic E-state index is 12.4. The molecule has 134 valence electrons. The number of rotatable bonds is 11. The zero-order valence-electron chi connectivity index (χ0n) is 14.8. The first-order chi connectivity index (χ1) is 12.2. The largest absolute Gasteiger partial charge is 0.491 e. The fourth-order valence-electron chi connectivity index (χ4n) is 2.50. The second-order valence-corrected chi connectivity index (χ2v) is 6.11. The lowest BCUT2D eigenvalue weighted by atomic mass is 10.0. The molecule has 0 spiro atoms. The molecule has 0 radical (unpaired) electrons. The Bertz CT molecular complexity index is 643. The topological polar surface area (TPSA) is 58.6 Å². The smallest absolute Gasteiger partial charge is 0.163 e. The van der Waals surface area contributed by atoms with E-state index in [1.165, 1.54) is 0 Å². The molecular formula is C21H27NO3. The molecule has 0 aliphatic carbocycles. The first-order valence-corrected chi connectivity index (χ1v) is 8.87. The quantitative estimate of drug-likeness (QED) is 0.487. The van der Waals surface area contributed by atoms with Gasteiger partial charge in [-0.2, -0.15) is 0 Å². The SMILES string of the molecule is CCCNCC(O)COc1cccc(C(=O)CCc2ccccc2)c1. The van der Waals surface area contributed by atoms with Crippen molar-refractivity contribution in [3.63, 3.8) is 0 Å². The Hall–Kier alpha value is -2.17. The minimum absolute atomic E-state index is 0.0967. The molecule has 4 heteroatoms. The minimum atomic E-state index is -0.566. The monoisotopic (exact) mass is 341 g/mol. The van der Waals surface area contributed by atoms with Crippen LogP contribution in [0.4, 0.5) is 0 Å². The molecule has 0 aliphatic rings. The molecule has 1 unspecified atom stereocenters. The van der Waals surface area contributed by atoms with Gasteiger partial charge in [0.25, 0.3) is 0 Å². The number of Topliss-reactive ketones (excluding diaryl/α,β-unsaturated/α-hetero) is 1. The van der Waals surface area contributed by atoms with Gasteiger partial charge in [0.1, 0.15) is 18.5 Å². The van der Waals surface area contributed by atoms with Crippen molar-refractivity contribution in [3.05, 3.63) is 65.7 Å². The van der Waals surface area contributed by atoms with Crippen LogP contribution in [0.3, 0.4) is 0 Å². The molecule has 2 aromatic carbocycles. The summed E-state index contributed by atoms with van der Waals surface area (Å²) in [6, 6.07) is 17.2. The predicted octanol–water partition coefficient (Wildman–Crippen LogP) is 3.24. The second kappa shape index (κ2) is 10.6. The van der Waals surface area contributed by atoms with Crippen molar-refractivity contribution < 1.29 is 14.6 Å². The van der Waals surface area contributed by atoms with Gasteiger partial charge >= 0.3 is 0 Å². The summed E-state index contributed by atoms with van der Waals surface area (Å²) in [7, 11) is 0. The first kappa shape index (κ1) is 19.2. The Morgan fingerprint density at radius 1 is 1.16 bits per heavy atom. The van der Waals surface area contributed by atoms with Gasteiger partial charge < -0.3 is 15.2 Å². The number of aryl methyl sites for hydroxylation is 1. The van der Waals surface area contributed by atoms with Gasteiger partial charge in [-0.05, 0) is 37.1 Å². The van der Waals surface area contributed by atoms with Crippen molar-refractivity contribution in [2.24, 2.45) is 0 Å². The third-order valence-corrected chi connectivity index (χ3v) is 3.89. The van der Waals surface area contributed by atoms with Gasteiger partial charge in [-0.1, -0.05) is 49.4 Å². The highest BCUT2D eigenvalue weighted by Gasteiger charge is 2.09. The Balaban J connectivity index is 1.82. The number of ether oxygens (including phenoxy) is 1. The molecule has 0 aliphatic heterocycles. The summed E-state index contributed by atoms with van der Waals surface area (Å²) < 4.78 is 5.61. The van der Waals surface area contributed by atoms with Crippen molar-refractivity contribution in [3.8, 4) is 5.75 Å². The third kappa shape index (κ3) is 7.08. The molecule has 0 saturated carbocycles. The average molecular weight is 341 g/mol. The minimum Gasteiger partial charge on any atom is -0.491 e. The fraction of sp³-hybridized carbons (Fsp3) is 0.381. The lowest BCUT2D eigenvalue weighted by Crippen LogP contribution is -2.31. The first-order valence-electron chi connectivity index (χ1n) is 8.87. The van der Waals surface area contributed by atoms with E-state index in [9.17, 15) is 9.90 Å². The number of hydrogen-bond acceptors (Lipinski definition) is 4. The number of carbonyl (C=O) groups excluding carboxylic acids is 1. The molecule has 0 saturated heterocycles. The number of carbonyl (C=O) groups is 1. The van der Waals surface area contributed by atoms with E-state index in [0.29, 0.717) is 24.3 Å². The van der Waals surface area contributed by atoms with Crippen LogP contribution < -0.4 is 10.1 Å². The van der Waals surface area contributed by atoms with Crippen molar-refractivity contribution in [1.29, 1.82) is 0 Å². The molecule has 0 amide bonds. The van der Waals surface area contributed by atoms with E-state index in [-0.39, 0.29) is 12.4 Å². The van der Waals surface area contributed by atoms with E-state index in [2.05, 4.69) is 12.2 Å². The van der Waals surface area contributed by atoms with Gasteiger partial charge in [-0.15, -0.1) is 0 Å². The Kier molecular flexibility index (Phi) is 8.16. The zero-order valence-corrected chi connectivity index (χ0v) is 14.8.